The molecule has 1 amide bonds. The first-order chi connectivity index (χ1) is 3.27. The topological polar surface area (TPSA) is 61.6 Å². The highest BCUT2D eigenvalue weighted by Gasteiger charge is 1.88. The van der Waals surface area contributed by atoms with Crippen molar-refractivity contribution in [1.29, 1.82) is 0 Å². The number of rotatable bonds is 3. The molecule has 0 bridgehead atoms. The standard InChI is InChI=1S/C3H7NO3/c1-6-7-2-3(4)5/h2H2,1H3,(H2,4,5). The summed E-state index contributed by atoms with van der Waals surface area (Å²) in [7, 11) is 1.31. The molecule has 0 aliphatic carbocycles. The van der Waals surface area contributed by atoms with Gasteiger partial charge in [-0.3, -0.25) is 4.79 Å². The van der Waals surface area contributed by atoms with Gasteiger partial charge >= 0.3 is 0 Å². The third kappa shape index (κ3) is 5.39. The van der Waals surface area contributed by atoms with Crippen molar-refractivity contribution in [3.8, 4) is 0 Å². The smallest absolute Gasteiger partial charge is 0.246 e. The fourth-order valence-electron chi connectivity index (χ4n) is 0.117. The molecule has 2 N–H and O–H groups in total. The van der Waals surface area contributed by atoms with E-state index in [0.717, 1.165) is 0 Å². The minimum atomic E-state index is -0.540. The Morgan fingerprint density at radius 2 is 2.43 bits per heavy atom. The molecule has 0 aromatic heterocycles. The summed E-state index contributed by atoms with van der Waals surface area (Å²) in [4.78, 5) is 17.9. The van der Waals surface area contributed by atoms with Crippen molar-refractivity contribution < 1.29 is 14.6 Å². The molecule has 7 heavy (non-hydrogen) atoms. The Hall–Kier alpha value is -0.610. The lowest BCUT2D eigenvalue weighted by atomic mass is 10.7. The Morgan fingerprint density at radius 1 is 1.86 bits per heavy atom. The molecule has 0 spiro atoms. The molecular weight excluding hydrogens is 98.0 g/mol. The number of hydrogen-bond acceptors (Lipinski definition) is 3. The third-order valence-corrected chi connectivity index (χ3v) is 0.319. The van der Waals surface area contributed by atoms with Crippen LogP contribution < -0.4 is 5.73 Å². The van der Waals surface area contributed by atoms with Gasteiger partial charge in [-0.15, -0.1) is 0 Å². The van der Waals surface area contributed by atoms with E-state index in [-0.39, 0.29) is 6.61 Å². The molecule has 42 valence electrons. The minimum Gasteiger partial charge on any atom is -0.368 e. The summed E-state index contributed by atoms with van der Waals surface area (Å²) in [5.74, 6) is -0.540. The average molecular weight is 105 g/mol. The van der Waals surface area contributed by atoms with E-state index in [2.05, 4.69) is 15.5 Å². The predicted molar refractivity (Wildman–Crippen MR) is 22.2 cm³/mol. The molecule has 0 fully saturated rings. The van der Waals surface area contributed by atoms with Gasteiger partial charge in [0.15, 0.2) is 6.61 Å². The highest BCUT2D eigenvalue weighted by Crippen LogP contribution is 1.67. The van der Waals surface area contributed by atoms with Crippen LogP contribution in [0.15, 0.2) is 0 Å². The molecule has 0 saturated heterocycles. The summed E-state index contributed by atoms with van der Waals surface area (Å²) >= 11 is 0. The summed E-state index contributed by atoms with van der Waals surface area (Å²) in [6.45, 7) is -0.184. The lowest BCUT2D eigenvalue weighted by Crippen LogP contribution is -2.17. The Morgan fingerprint density at radius 3 is 2.57 bits per heavy atom. The number of amides is 1. The van der Waals surface area contributed by atoms with Crippen molar-refractivity contribution in [2.45, 2.75) is 0 Å². The van der Waals surface area contributed by atoms with Crippen molar-refractivity contribution >= 4 is 5.91 Å². The van der Waals surface area contributed by atoms with Crippen molar-refractivity contribution in [2.75, 3.05) is 13.7 Å². The van der Waals surface area contributed by atoms with Crippen molar-refractivity contribution in [3.05, 3.63) is 0 Å². The molecule has 0 saturated carbocycles. The van der Waals surface area contributed by atoms with Crippen LogP contribution in [0.25, 0.3) is 0 Å². The van der Waals surface area contributed by atoms with Gasteiger partial charge < -0.3 is 5.73 Å². The van der Waals surface area contributed by atoms with Crippen molar-refractivity contribution in [1.82, 2.24) is 0 Å². The van der Waals surface area contributed by atoms with Gasteiger partial charge in [-0.2, -0.15) is 0 Å². The van der Waals surface area contributed by atoms with Crippen molar-refractivity contribution in [2.24, 2.45) is 5.73 Å². The molecular formula is C3H7NO3. The van der Waals surface area contributed by atoms with E-state index in [9.17, 15) is 4.79 Å². The maximum absolute atomic E-state index is 9.78. The SMILES string of the molecule is COOCC(N)=O. The van der Waals surface area contributed by atoms with Crippen LogP contribution >= 0.6 is 0 Å². The van der Waals surface area contributed by atoms with Gasteiger partial charge in [-0.25, -0.2) is 9.78 Å². The molecule has 4 nitrogen and oxygen atoms in total. The summed E-state index contributed by atoms with van der Waals surface area (Å²) in [6.07, 6.45) is 0. The summed E-state index contributed by atoms with van der Waals surface area (Å²) < 4.78 is 0. The Labute approximate surface area is 41.1 Å². The number of primary amides is 1. The van der Waals surface area contributed by atoms with Crippen LogP contribution in [0, 0.1) is 0 Å². The van der Waals surface area contributed by atoms with E-state index in [0.29, 0.717) is 0 Å². The second kappa shape index (κ2) is 3.58. The predicted octanol–water partition coefficient (Wildman–Crippen LogP) is -0.950. The quantitative estimate of drug-likeness (QED) is 0.372. The Kier molecular flexibility index (Phi) is 3.26. The number of hydrogen-bond donors (Lipinski definition) is 1. The normalized spacial score (nSPS) is 8.71. The maximum Gasteiger partial charge on any atom is 0.246 e. The maximum atomic E-state index is 9.78. The van der Waals surface area contributed by atoms with Crippen LogP contribution in [0.2, 0.25) is 0 Å². The Bertz CT molecular complexity index is 63.2. The largest absolute Gasteiger partial charge is 0.368 e. The van der Waals surface area contributed by atoms with Gasteiger partial charge in [0.2, 0.25) is 5.91 Å². The first kappa shape index (κ1) is 6.39. The van der Waals surface area contributed by atoms with Gasteiger partial charge in [-0.1, -0.05) is 0 Å². The number of carbonyl (C=O) groups excluding carboxylic acids is 1. The molecule has 0 aliphatic heterocycles. The fourth-order valence-corrected chi connectivity index (χ4v) is 0.117. The van der Waals surface area contributed by atoms with E-state index in [4.69, 9.17) is 0 Å². The molecule has 0 radical (unpaired) electrons. The summed E-state index contributed by atoms with van der Waals surface area (Å²) in [5, 5.41) is 0. The van der Waals surface area contributed by atoms with Crippen LogP contribution in [0.4, 0.5) is 0 Å². The minimum absolute atomic E-state index is 0.184. The molecule has 0 aliphatic rings. The lowest BCUT2D eigenvalue weighted by Gasteiger charge is -1.90. The number of nitrogens with two attached hydrogens (primary N) is 1. The zero-order valence-electron chi connectivity index (χ0n) is 4.01. The average Bonchev–Trinajstić information content (AvgIpc) is 1.61. The third-order valence-electron chi connectivity index (χ3n) is 0.319. The van der Waals surface area contributed by atoms with Gasteiger partial charge in [0.1, 0.15) is 0 Å². The van der Waals surface area contributed by atoms with Crippen LogP contribution in [0.1, 0.15) is 0 Å². The lowest BCUT2D eigenvalue weighted by molar-refractivity contribution is -0.266. The van der Waals surface area contributed by atoms with E-state index in [1.165, 1.54) is 7.11 Å². The zero-order valence-corrected chi connectivity index (χ0v) is 4.01. The van der Waals surface area contributed by atoms with Gasteiger partial charge in [0, 0.05) is 0 Å². The molecule has 4 heteroatoms. The van der Waals surface area contributed by atoms with E-state index in [1.54, 1.807) is 0 Å². The van der Waals surface area contributed by atoms with Crippen LogP contribution in [0.3, 0.4) is 0 Å². The van der Waals surface area contributed by atoms with E-state index < -0.39 is 5.91 Å². The van der Waals surface area contributed by atoms with Crippen LogP contribution in [-0.4, -0.2) is 19.6 Å². The van der Waals surface area contributed by atoms with Crippen LogP contribution in [0.5, 0.6) is 0 Å². The van der Waals surface area contributed by atoms with Gasteiger partial charge in [0.25, 0.3) is 0 Å². The highest BCUT2D eigenvalue weighted by molar-refractivity contribution is 5.74. The van der Waals surface area contributed by atoms with E-state index >= 15 is 0 Å². The Balaban J connectivity index is 2.82. The van der Waals surface area contributed by atoms with Crippen LogP contribution in [-0.2, 0) is 14.6 Å². The second-order valence-corrected chi connectivity index (χ2v) is 0.895. The molecule has 0 aromatic carbocycles. The summed E-state index contributed by atoms with van der Waals surface area (Å²) in [5.41, 5.74) is 4.63. The number of carbonyl (C=O) groups is 1. The molecule has 0 rings (SSSR count). The molecule has 0 aromatic rings. The first-order valence-electron chi connectivity index (χ1n) is 1.71. The van der Waals surface area contributed by atoms with Gasteiger partial charge in [0.05, 0.1) is 7.11 Å². The van der Waals surface area contributed by atoms with Gasteiger partial charge in [-0.05, 0) is 0 Å². The highest BCUT2D eigenvalue weighted by atomic mass is 17.2. The second-order valence-electron chi connectivity index (χ2n) is 0.895. The monoisotopic (exact) mass is 105 g/mol. The molecule has 0 unspecified atom stereocenters. The van der Waals surface area contributed by atoms with E-state index in [1.807, 2.05) is 0 Å². The van der Waals surface area contributed by atoms with Crippen molar-refractivity contribution in [3.63, 3.8) is 0 Å². The molecule has 0 atom stereocenters. The summed E-state index contributed by atoms with van der Waals surface area (Å²) in [6, 6.07) is 0. The fraction of sp³-hybridized carbons (Fsp3) is 0.667. The molecule has 0 heterocycles. The zero-order chi connectivity index (χ0) is 5.70. The first-order valence-corrected chi connectivity index (χ1v) is 1.71.